The molecule has 0 atom stereocenters. The van der Waals surface area contributed by atoms with Crippen molar-refractivity contribution in [3.8, 4) is 11.6 Å². The molecule has 4 nitrogen and oxygen atoms in total. The highest BCUT2D eigenvalue weighted by atomic mass is 127. The fraction of sp³-hybridized carbons (Fsp3) is 0.286. The summed E-state index contributed by atoms with van der Waals surface area (Å²) in [7, 11) is 0. The summed E-state index contributed by atoms with van der Waals surface area (Å²) in [6.07, 6.45) is 3.37. The summed E-state index contributed by atoms with van der Waals surface area (Å²) in [5.74, 6) is 1.29. The van der Waals surface area contributed by atoms with Gasteiger partial charge in [0.1, 0.15) is 5.75 Å². The second-order valence-corrected chi connectivity index (χ2v) is 5.69. The van der Waals surface area contributed by atoms with Crippen LogP contribution in [0.5, 0.6) is 11.6 Å². The number of nitrogens with zero attached hydrogens (tertiary/aromatic N) is 2. The molecule has 1 aromatic carbocycles. The van der Waals surface area contributed by atoms with Gasteiger partial charge in [0.15, 0.2) is 0 Å². The summed E-state index contributed by atoms with van der Waals surface area (Å²) in [6.45, 7) is 4.88. The molecule has 0 aliphatic carbocycles. The van der Waals surface area contributed by atoms with Gasteiger partial charge in [0.2, 0.25) is 5.88 Å². The van der Waals surface area contributed by atoms with E-state index in [2.05, 4.69) is 51.7 Å². The molecule has 0 bridgehead atoms. The van der Waals surface area contributed by atoms with Gasteiger partial charge in [0.05, 0.1) is 11.9 Å². The van der Waals surface area contributed by atoms with Crippen molar-refractivity contribution < 1.29 is 4.74 Å². The van der Waals surface area contributed by atoms with E-state index < -0.39 is 0 Å². The van der Waals surface area contributed by atoms with Crippen LogP contribution in [0.15, 0.2) is 36.7 Å². The Morgan fingerprint density at radius 2 is 2.16 bits per heavy atom. The van der Waals surface area contributed by atoms with Gasteiger partial charge in [-0.15, -0.1) is 0 Å². The Morgan fingerprint density at radius 1 is 1.32 bits per heavy atom. The lowest BCUT2D eigenvalue weighted by molar-refractivity contribution is 0.454. The fourth-order valence-corrected chi connectivity index (χ4v) is 2.00. The normalized spacial score (nSPS) is 10.7. The first-order valence-corrected chi connectivity index (χ1v) is 7.19. The lowest BCUT2D eigenvalue weighted by Crippen LogP contribution is -2.22. The molecular weight excluding hydrogens is 353 g/mol. The van der Waals surface area contributed by atoms with E-state index >= 15 is 0 Å². The number of aromatic nitrogens is 2. The van der Waals surface area contributed by atoms with E-state index in [0.717, 1.165) is 15.0 Å². The molecule has 0 radical (unpaired) electrons. The zero-order chi connectivity index (χ0) is 13.7. The Balaban J connectivity index is 2.06. The van der Waals surface area contributed by atoms with Crippen LogP contribution in [-0.2, 0) is 6.54 Å². The monoisotopic (exact) mass is 369 g/mol. The average Bonchev–Trinajstić information content (AvgIpc) is 2.37. The maximum absolute atomic E-state index is 5.70. The summed E-state index contributed by atoms with van der Waals surface area (Å²) in [5, 5.41) is 3.30. The van der Waals surface area contributed by atoms with Crippen molar-refractivity contribution in [2.75, 3.05) is 0 Å². The molecule has 0 fully saturated rings. The highest BCUT2D eigenvalue weighted by molar-refractivity contribution is 14.1. The highest BCUT2D eigenvalue weighted by Gasteiger charge is 2.03. The molecule has 0 amide bonds. The number of rotatable bonds is 5. The molecule has 19 heavy (non-hydrogen) atoms. The van der Waals surface area contributed by atoms with E-state index in [9.17, 15) is 0 Å². The van der Waals surface area contributed by atoms with Crippen LogP contribution < -0.4 is 10.1 Å². The van der Waals surface area contributed by atoms with Crippen LogP contribution in [0.3, 0.4) is 0 Å². The number of hydrogen-bond acceptors (Lipinski definition) is 4. The second-order valence-electron chi connectivity index (χ2n) is 4.44. The first kappa shape index (κ1) is 14.2. The van der Waals surface area contributed by atoms with Gasteiger partial charge >= 0.3 is 0 Å². The van der Waals surface area contributed by atoms with Gasteiger partial charge in [0.25, 0.3) is 0 Å². The van der Waals surface area contributed by atoms with Crippen LogP contribution in [0.25, 0.3) is 0 Å². The minimum absolute atomic E-state index is 0.419. The first-order chi connectivity index (χ1) is 9.13. The quantitative estimate of drug-likeness (QED) is 0.821. The highest BCUT2D eigenvalue weighted by Crippen LogP contribution is 2.20. The maximum atomic E-state index is 5.70. The first-order valence-electron chi connectivity index (χ1n) is 6.11. The topological polar surface area (TPSA) is 47.0 Å². The molecule has 1 aromatic heterocycles. The number of ether oxygens (including phenoxy) is 1. The summed E-state index contributed by atoms with van der Waals surface area (Å²) in [5.41, 5.74) is 0.872. The van der Waals surface area contributed by atoms with Crippen molar-refractivity contribution in [1.82, 2.24) is 15.3 Å². The van der Waals surface area contributed by atoms with Crippen LogP contribution in [-0.4, -0.2) is 16.0 Å². The van der Waals surface area contributed by atoms with Gasteiger partial charge in [-0.3, -0.25) is 4.98 Å². The van der Waals surface area contributed by atoms with Crippen molar-refractivity contribution in [1.29, 1.82) is 0 Å². The molecule has 2 aromatic rings. The summed E-state index contributed by atoms with van der Waals surface area (Å²) < 4.78 is 6.83. The van der Waals surface area contributed by atoms with E-state index in [1.807, 2.05) is 24.3 Å². The van der Waals surface area contributed by atoms with Crippen LogP contribution in [0.2, 0.25) is 0 Å². The molecule has 1 N–H and O–H groups in total. The van der Waals surface area contributed by atoms with Crippen LogP contribution in [0.4, 0.5) is 0 Å². The number of halogens is 1. The lowest BCUT2D eigenvalue weighted by Gasteiger charge is -2.09. The van der Waals surface area contributed by atoms with Crippen molar-refractivity contribution in [2.24, 2.45) is 0 Å². The Labute approximate surface area is 126 Å². The largest absolute Gasteiger partial charge is 0.437 e. The second kappa shape index (κ2) is 6.81. The van der Waals surface area contributed by atoms with Crippen molar-refractivity contribution >= 4 is 22.6 Å². The Kier molecular flexibility index (Phi) is 5.09. The number of nitrogens with one attached hydrogen (secondary N) is 1. The van der Waals surface area contributed by atoms with Crippen molar-refractivity contribution in [3.63, 3.8) is 0 Å². The predicted octanol–water partition coefficient (Wildman–Crippen LogP) is 3.37. The molecule has 0 aliphatic heterocycles. The molecule has 100 valence electrons. The molecule has 0 saturated heterocycles. The van der Waals surface area contributed by atoms with Crippen molar-refractivity contribution in [3.05, 3.63) is 45.9 Å². The van der Waals surface area contributed by atoms with E-state index in [-0.39, 0.29) is 0 Å². The van der Waals surface area contributed by atoms with Crippen LogP contribution in [0.1, 0.15) is 19.5 Å². The van der Waals surface area contributed by atoms with E-state index in [1.54, 1.807) is 12.4 Å². The van der Waals surface area contributed by atoms with Gasteiger partial charge in [0, 0.05) is 22.4 Å². The average molecular weight is 369 g/mol. The fourth-order valence-electron chi connectivity index (χ4n) is 1.48. The zero-order valence-corrected chi connectivity index (χ0v) is 13.1. The van der Waals surface area contributed by atoms with Gasteiger partial charge < -0.3 is 10.1 Å². The molecule has 1 heterocycles. The summed E-state index contributed by atoms with van der Waals surface area (Å²) >= 11 is 2.25. The number of benzene rings is 1. The van der Waals surface area contributed by atoms with Crippen molar-refractivity contribution in [2.45, 2.75) is 26.4 Å². The third-order valence-corrected chi connectivity index (χ3v) is 3.04. The van der Waals surface area contributed by atoms with E-state index in [0.29, 0.717) is 18.5 Å². The van der Waals surface area contributed by atoms with E-state index in [4.69, 9.17) is 4.74 Å². The zero-order valence-electron chi connectivity index (χ0n) is 10.9. The minimum atomic E-state index is 0.419. The van der Waals surface area contributed by atoms with Crippen LogP contribution >= 0.6 is 22.6 Å². The summed E-state index contributed by atoms with van der Waals surface area (Å²) in [6, 6.07) is 8.25. The van der Waals surface area contributed by atoms with Gasteiger partial charge in [-0.25, -0.2) is 4.98 Å². The Bertz CT molecular complexity index is 546. The Hall–Kier alpha value is -1.21. The molecular formula is C14H16IN3O. The lowest BCUT2D eigenvalue weighted by atomic mass is 10.3. The Morgan fingerprint density at radius 3 is 2.89 bits per heavy atom. The van der Waals surface area contributed by atoms with E-state index in [1.165, 1.54) is 0 Å². The molecule has 0 unspecified atom stereocenters. The SMILES string of the molecule is CC(C)NCc1cncc(Oc2cccc(I)c2)n1. The van der Waals surface area contributed by atoms with Gasteiger partial charge in [-0.05, 0) is 40.8 Å². The number of hydrogen-bond donors (Lipinski definition) is 1. The summed E-state index contributed by atoms with van der Waals surface area (Å²) in [4.78, 5) is 8.57. The molecule has 5 heteroatoms. The third-order valence-electron chi connectivity index (χ3n) is 2.37. The van der Waals surface area contributed by atoms with Gasteiger partial charge in [-0.1, -0.05) is 19.9 Å². The molecule has 2 rings (SSSR count). The third kappa shape index (κ3) is 4.76. The maximum Gasteiger partial charge on any atom is 0.238 e. The smallest absolute Gasteiger partial charge is 0.238 e. The molecule has 0 saturated carbocycles. The minimum Gasteiger partial charge on any atom is -0.437 e. The standard InChI is InChI=1S/C14H16IN3O/c1-10(2)17-8-12-7-16-9-14(18-12)19-13-5-3-4-11(15)6-13/h3-7,9-10,17H,8H2,1-2H3. The predicted molar refractivity (Wildman–Crippen MR) is 83.2 cm³/mol. The molecule has 0 spiro atoms. The van der Waals surface area contributed by atoms with Gasteiger partial charge in [-0.2, -0.15) is 0 Å². The molecule has 0 aliphatic rings. The van der Waals surface area contributed by atoms with Crippen LogP contribution in [0, 0.1) is 3.57 Å².